The monoisotopic (exact) mass is 209 g/mol. The predicted octanol–water partition coefficient (Wildman–Crippen LogP) is 1.72. The maximum absolute atomic E-state index is 11.6. The first-order valence-electron chi connectivity index (χ1n) is 5.91. The molecular formula is C12H19NO2. The van der Waals surface area contributed by atoms with Crippen LogP contribution in [0.25, 0.3) is 0 Å². The van der Waals surface area contributed by atoms with Crippen LogP contribution in [0.1, 0.15) is 39.5 Å². The molecule has 2 rings (SSSR count). The molecule has 1 aliphatic carbocycles. The molecule has 0 aromatic rings. The van der Waals surface area contributed by atoms with Crippen molar-refractivity contribution in [2.24, 2.45) is 23.7 Å². The molecule has 84 valence electrons. The third-order valence-electron chi connectivity index (χ3n) is 4.02. The molecule has 1 saturated carbocycles. The average molecular weight is 209 g/mol. The Morgan fingerprint density at radius 3 is 2.47 bits per heavy atom. The largest absolute Gasteiger partial charge is 0.296 e. The molecule has 1 aliphatic heterocycles. The van der Waals surface area contributed by atoms with Crippen LogP contribution in [-0.2, 0) is 9.59 Å². The minimum absolute atomic E-state index is 0.0357. The van der Waals surface area contributed by atoms with Crippen LogP contribution >= 0.6 is 0 Å². The Balaban J connectivity index is 2.04. The number of carbonyl (C=O) groups excluding carboxylic acids is 2. The van der Waals surface area contributed by atoms with Crippen molar-refractivity contribution in [2.45, 2.75) is 39.5 Å². The van der Waals surface area contributed by atoms with Crippen molar-refractivity contribution in [2.75, 3.05) is 0 Å². The van der Waals surface area contributed by atoms with Gasteiger partial charge < -0.3 is 0 Å². The van der Waals surface area contributed by atoms with Crippen LogP contribution in [-0.4, -0.2) is 11.8 Å². The van der Waals surface area contributed by atoms with Gasteiger partial charge in [-0.15, -0.1) is 0 Å². The molecule has 0 aromatic carbocycles. The first kappa shape index (κ1) is 10.7. The summed E-state index contributed by atoms with van der Waals surface area (Å²) in [6.07, 6.45) is 3.92. The van der Waals surface area contributed by atoms with E-state index in [-0.39, 0.29) is 17.7 Å². The van der Waals surface area contributed by atoms with Gasteiger partial charge in [-0.2, -0.15) is 0 Å². The minimum atomic E-state index is -0.0872. The van der Waals surface area contributed by atoms with E-state index in [4.69, 9.17) is 0 Å². The Morgan fingerprint density at radius 1 is 1.20 bits per heavy atom. The molecule has 0 aromatic heterocycles. The van der Waals surface area contributed by atoms with E-state index < -0.39 is 0 Å². The fourth-order valence-corrected chi connectivity index (χ4v) is 3.21. The lowest BCUT2D eigenvalue weighted by molar-refractivity contribution is -0.127. The van der Waals surface area contributed by atoms with Crippen molar-refractivity contribution in [1.82, 2.24) is 5.32 Å². The number of hydrogen-bond donors (Lipinski definition) is 1. The number of nitrogens with one attached hydrogen (secondary N) is 1. The number of rotatable bonds is 1. The summed E-state index contributed by atoms with van der Waals surface area (Å²) in [6, 6.07) is 0. The third-order valence-corrected chi connectivity index (χ3v) is 4.02. The van der Waals surface area contributed by atoms with E-state index in [1.807, 2.05) is 0 Å². The van der Waals surface area contributed by atoms with Crippen molar-refractivity contribution in [3.63, 3.8) is 0 Å². The summed E-state index contributed by atoms with van der Waals surface area (Å²) in [5.74, 6) is 1.61. The lowest BCUT2D eigenvalue weighted by atomic mass is 9.69. The molecule has 4 atom stereocenters. The topological polar surface area (TPSA) is 46.2 Å². The van der Waals surface area contributed by atoms with Crippen LogP contribution in [0.2, 0.25) is 0 Å². The summed E-state index contributed by atoms with van der Waals surface area (Å²) in [7, 11) is 0. The molecule has 0 bridgehead atoms. The Morgan fingerprint density at radius 2 is 1.93 bits per heavy atom. The van der Waals surface area contributed by atoms with Crippen LogP contribution in [0, 0.1) is 23.7 Å². The highest BCUT2D eigenvalue weighted by Crippen LogP contribution is 2.40. The second kappa shape index (κ2) is 3.95. The highest BCUT2D eigenvalue weighted by atomic mass is 16.2. The van der Waals surface area contributed by atoms with Crippen molar-refractivity contribution in [1.29, 1.82) is 0 Å². The van der Waals surface area contributed by atoms with E-state index in [0.29, 0.717) is 18.3 Å². The summed E-state index contributed by atoms with van der Waals surface area (Å²) in [6.45, 7) is 4.49. The molecule has 2 fully saturated rings. The minimum Gasteiger partial charge on any atom is -0.296 e. The normalized spacial score (nSPS) is 41.7. The Kier molecular flexibility index (Phi) is 2.81. The van der Waals surface area contributed by atoms with E-state index in [1.54, 1.807) is 0 Å². The van der Waals surface area contributed by atoms with Crippen LogP contribution in [0.15, 0.2) is 0 Å². The quantitative estimate of drug-likeness (QED) is 0.668. The van der Waals surface area contributed by atoms with E-state index >= 15 is 0 Å². The van der Waals surface area contributed by atoms with Crippen LogP contribution in [0.4, 0.5) is 0 Å². The Hall–Kier alpha value is -0.860. The fourth-order valence-electron chi connectivity index (χ4n) is 3.21. The van der Waals surface area contributed by atoms with Gasteiger partial charge >= 0.3 is 0 Å². The van der Waals surface area contributed by atoms with Crippen molar-refractivity contribution < 1.29 is 9.59 Å². The lowest BCUT2D eigenvalue weighted by Gasteiger charge is -2.35. The average Bonchev–Trinajstić information content (AvgIpc) is 2.45. The first-order valence-corrected chi connectivity index (χ1v) is 5.91. The van der Waals surface area contributed by atoms with Gasteiger partial charge in [0.2, 0.25) is 11.8 Å². The van der Waals surface area contributed by atoms with Gasteiger partial charge in [0.05, 0.1) is 5.92 Å². The van der Waals surface area contributed by atoms with Gasteiger partial charge in [0.15, 0.2) is 0 Å². The molecule has 15 heavy (non-hydrogen) atoms. The summed E-state index contributed by atoms with van der Waals surface area (Å²) in [5, 5.41) is 2.42. The second-order valence-corrected chi connectivity index (χ2v) is 5.28. The first-order chi connectivity index (χ1) is 7.08. The molecule has 4 unspecified atom stereocenters. The summed E-state index contributed by atoms with van der Waals surface area (Å²) < 4.78 is 0. The van der Waals surface area contributed by atoms with E-state index in [9.17, 15) is 9.59 Å². The zero-order valence-electron chi connectivity index (χ0n) is 9.45. The van der Waals surface area contributed by atoms with E-state index in [0.717, 1.165) is 12.3 Å². The zero-order chi connectivity index (χ0) is 11.0. The fraction of sp³-hybridized carbons (Fsp3) is 0.833. The molecule has 3 heteroatoms. The summed E-state index contributed by atoms with van der Waals surface area (Å²) in [4.78, 5) is 22.7. The van der Waals surface area contributed by atoms with Crippen LogP contribution in [0.5, 0.6) is 0 Å². The highest BCUT2D eigenvalue weighted by Gasteiger charge is 2.40. The van der Waals surface area contributed by atoms with Gasteiger partial charge in [-0.25, -0.2) is 0 Å². The van der Waals surface area contributed by atoms with Crippen LogP contribution < -0.4 is 5.32 Å². The lowest BCUT2D eigenvalue weighted by Crippen LogP contribution is -2.32. The number of amides is 2. The molecule has 1 heterocycles. The van der Waals surface area contributed by atoms with Gasteiger partial charge in [-0.3, -0.25) is 14.9 Å². The predicted molar refractivity (Wildman–Crippen MR) is 56.9 cm³/mol. The SMILES string of the molecule is CC1CCC(C2CC(=O)NC2=O)C(C)C1. The smallest absolute Gasteiger partial charge is 0.230 e. The van der Waals surface area contributed by atoms with Gasteiger partial charge in [0, 0.05) is 6.42 Å². The van der Waals surface area contributed by atoms with Gasteiger partial charge in [0.1, 0.15) is 0 Å². The third kappa shape index (κ3) is 2.06. The number of hydrogen-bond acceptors (Lipinski definition) is 2. The molecule has 1 saturated heterocycles. The number of carbonyl (C=O) groups is 2. The van der Waals surface area contributed by atoms with E-state index in [2.05, 4.69) is 19.2 Å². The maximum atomic E-state index is 11.6. The summed E-state index contributed by atoms with van der Waals surface area (Å²) >= 11 is 0. The second-order valence-electron chi connectivity index (χ2n) is 5.28. The molecule has 0 radical (unpaired) electrons. The van der Waals surface area contributed by atoms with Crippen molar-refractivity contribution in [3.05, 3.63) is 0 Å². The molecule has 2 amide bonds. The van der Waals surface area contributed by atoms with Crippen molar-refractivity contribution in [3.8, 4) is 0 Å². The zero-order valence-corrected chi connectivity index (χ0v) is 9.45. The summed E-state index contributed by atoms with van der Waals surface area (Å²) in [5.41, 5.74) is 0. The molecule has 0 spiro atoms. The molecule has 1 N–H and O–H groups in total. The highest BCUT2D eigenvalue weighted by molar-refractivity contribution is 6.03. The Bertz CT molecular complexity index is 287. The molecular weight excluding hydrogens is 190 g/mol. The van der Waals surface area contributed by atoms with Crippen LogP contribution in [0.3, 0.4) is 0 Å². The standard InChI is InChI=1S/C12H19NO2/c1-7-3-4-9(8(2)5-7)10-6-11(14)13-12(10)15/h7-10H,3-6H2,1-2H3,(H,13,14,15). The Labute approximate surface area is 90.6 Å². The van der Waals surface area contributed by atoms with E-state index in [1.165, 1.54) is 12.8 Å². The molecule has 3 nitrogen and oxygen atoms in total. The van der Waals surface area contributed by atoms with Gasteiger partial charge in [-0.05, 0) is 30.6 Å². The van der Waals surface area contributed by atoms with Gasteiger partial charge in [-0.1, -0.05) is 20.3 Å². The number of imide groups is 1. The van der Waals surface area contributed by atoms with Crippen molar-refractivity contribution >= 4 is 11.8 Å². The maximum Gasteiger partial charge on any atom is 0.230 e. The molecule has 2 aliphatic rings. The van der Waals surface area contributed by atoms with Gasteiger partial charge in [0.25, 0.3) is 0 Å².